The molecule has 6 heteroatoms. The molecule has 0 unspecified atom stereocenters. The van der Waals surface area contributed by atoms with Gasteiger partial charge in [0.2, 0.25) is 0 Å². The Morgan fingerprint density at radius 2 is 1.60 bits per heavy atom. The van der Waals surface area contributed by atoms with Crippen molar-refractivity contribution < 1.29 is 14.3 Å². The highest BCUT2D eigenvalue weighted by atomic mass is 16.5. The third-order valence-electron chi connectivity index (χ3n) is 5.23. The largest absolute Gasteiger partial charge is 0.497 e. The zero-order valence-electron chi connectivity index (χ0n) is 18.3. The van der Waals surface area contributed by atoms with E-state index in [2.05, 4.69) is 27.2 Å². The first-order valence-electron chi connectivity index (χ1n) is 10.7. The molecule has 0 aliphatic carbocycles. The highest BCUT2D eigenvalue weighted by Gasteiger charge is 2.17. The van der Waals surface area contributed by atoms with Gasteiger partial charge in [0.25, 0.3) is 5.91 Å². The molecule has 1 N–H and O–H groups in total. The van der Waals surface area contributed by atoms with E-state index in [-0.39, 0.29) is 12.0 Å². The van der Waals surface area contributed by atoms with Crippen LogP contribution in [0.15, 0.2) is 48.5 Å². The number of hydrogen-bond donors (Lipinski definition) is 1. The van der Waals surface area contributed by atoms with Gasteiger partial charge in [0, 0.05) is 44.0 Å². The molecule has 162 valence electrons. The molecule has 2 aromatic rings. The fraction of sp³-hybridized carbons (Fsp3) is 0.458. The fourth-order valence-corrected chi connectivity index (χ4v) is 3.59. The van der Waals surface area contributed by atoms with E-state index in [0.29, 0.717) is 12.1 Å². The van der Waals surface area contributed by atoms with Crippen molar-refractivity contribution in [2.75, 3.05) is 51.3 Å². The predicted octanol–water partition coefficient (Wildman–Crippen LogP) is 3.42. The first-order valence-corrected chi connectivity index (χ1v) is 10.7. The van der Waals surface area contributed by atoms with Gasteiger partial charge in [-0.25, -0.2) is 0 Å². The van der Waals surface area contributed by atoms with Crippen molar-refractivity contribution in [2.24, 2.45) is 0 Å². The minimum Gasteiger partial charge on any atom is -0.497 e. The second kappa shape index (κ2) is 10.9. The normalized spacial score (nSPS) is 14.6. The monoisotopic (exact) mass is 411 g/mol. The van der Waals surface area contributed by atoms with Gasteiger partial charge in [0.1, 0.15) is 11.5 Å². The van der Waals surface area contributed by atoms with Crippen LogP contribution in [0.3, 0.4) is 0 Å². The van der Waals surface area contributed by atoms with Gasteiger partial charge in [-0.05, 0) is 75.3 Å². The lowest BCUT2D eigenvalue weighted by Gasteiger charge is -2.36. The second-order valence-electron chi connectivity index (χ2n) is 7.83. The van der Waals surface area contributed by atoms with Crippen molar-refractivity contribution in [3.63, 3.8) is 0 Å². The van der Waals surface area contributed by atoms with Crippen molar-refractivity contribution in [3.05, 3.63) is 54.1 Å². The molecule has 0 radical (unpaired) electrons. The van der Waals surface area contributed by atoms with Crippen LogP contribution in [0.2, 0.25) is 0 Å². The maximum absolute atomic E-state index is 12.3. The average molecular weight is 412 g/mol. The van der Waals surface area contributed by atoms with Crippen molar-refractivity contribution in [2.45, 2.75) is 26.4 Å². The van der Waals surface area contributed by atoms with Crippen LogP contribution in [-0.2, 0) is 0 Å². The molecule has 6 nitrogen and oxygen atoms in total. The lowest BCUT2D eigenvalue weighted by molar-refractivity contribution is 0.0951. The number of hydrogen-bond acceptors (Lipinski definition) is 5. The van der Waals surface area contributed by atoms with Crippen LogP contribution in [0.4, 0.5) is 5.69 Å². The van der Waals surface area contributed by atoms with Crippen molar-refractivity contribution in [1.29, 1.82) is 0 Å². The van der Waals surface area contributed by atoms with Crippen LogP contribution in [0, 0.1) is 0 Å². The van der Waals surface area contributed by atoms with Crippen LogP contribution in [-0.4, -0.2) is 63.3 Å². The Morgan fingerprint density at radius 3 is 2.20 bits per heavy atom. The van der Waals surface area contributed by atoms with E-state index in [1.54, 1.807) is 7.11 Å². The summed E-state index contributed by atoms with van der Waals surface area (Å²) in [6, 6.07) is 15.6. The van der Waals surface area contributed by atoms with E-state index in [4.69, 9.17) is 9.47 Å². The lowest BCUT2D eigenvalue weighted by Crippen LogP contribution is -2.47. The Kier molecular flexibility index (Phi) is 7.97. The number of piperazine rings is 1. The summed E-state index contributed by atoms with van der Waals surface area (Å²) in [7, 11) is 1.69. The van der Waals surface area contributed by atoms with Crippen LogP contribution < -0.4 is 19.7 Å². The molecule has 0 aromatic heterocycles. The van der Waals surface area contributed by atoms with E-state index in [1.807, 2.05) is 50.2 Å². The number of nitrogens with zero attached hydrogens (tertiary/aromatic N) is 2. The molecule has 0 atom stereocenters. The molecule has 1 heterocycles. The van der Waals surface area contributed by atoms with Gasteiger partial charge in [-0.3, -0.25) is 9.69 Å². The molecule has 0 saturated carbocycles. The summed E-state index contributed by atoms with van der Waals surface area (Å²) in [5, 5.41) is 3.02. The quantitative estimate of drug-likeness (QED) is 0.641. The van der Waals surface area contributed by atoms with Gasteiger partial charge in [-0.1, -0.05) is 0 Å². The smallest absolute Gasteiger partial charge is 0.251 e. The summed E-state index contributed by atoms with van der Waals surface area (Å²) in [5.74, 6) is 1.64. The topological polar surface area (TPSA) is 54.0 Å². The first-order chi connectivity index (χ1) is 14.5. The third-order valence-corrected chi connectivity index (χ3v) is 5.23. The number of anilines is 1. The van der Waals surface area contributed by atoms with Gasteiger partial charge in [0.15, 0.2) is 0 Å². The van der Waals surface area contributed by atoms with Crippen LogP contribution in [0.5, 0.6) is 11.5 Å². The zero-order chi connectivity index (χ0) is 21.3. The standard InChI is InChI=1S/C24H33N3O3/c1-19(2)30-23-9-5-20(6-10-23)24(28)25-13-4-14-26-15-17-27(18-16-26)21-7-11-22(29-3)12-8-21/h5-12,19H,4,13-18H2,1-3H3,(H,25,28). The zero-order valence-corrected chi connectivity index (χ0v) is 18.3. The van der Waals surface area contributed by atoms with Crippen LogP contribution in [0.25, 0.3) is 0 Å². The average Bonchev–Trinajstić information content (AvgIpc) is 2.77. The van der Waals surface area contributed by atoms with E-state index < -0.39 is 0 Å². The minimum absolute atomic E-state index is 0.0320. The number of benzene rings is 2. The van der Waals surface area contributed by atoms with Gasteiger partial charge >= 0.3 is 0 Å². The summed E-state index contributed by atoms with van der Waals surface area (Å²) in [5.41, 5.74) is 1.91. The number of amides is 1. The molecule has 0 bridgehead atoms. The maximum atomic E-state index is 12.3. The van der Waals surface area contributed by atoms with Gasteiger partial charge in [-0.15, -0.1) is 0 Å². The Hall–Kier alpha value is -2.73. The maximum Gasteiger partial charge on any atom is 0.251 e. The van der Waals surface area contributed by atoms with Gasteiger partial charge in [0.05, 0.1) is 13.2 Å². The summed E-state index contributed by atoms with van der Waals surface area (Å²) >= 11 is 0. The molecule has 1 aliphatic heterocycles. The Bertz CT molecular complexity index is 782. The number of carbonyl (C=O) groups excluding carboxylic acids is 1. The van der Waals surface area contributed by atoms with E-state index in [1.165, 1.54) is 5.69 Å². The number of methoxy groups -OCH3 is 1. The predicted molar refractivity (Wildman–Crippen MR) is 121 cm³/mol. The fourth-order valence-electron chi connectivity index (χ4n) is 3.59. The lowest BCUT2D eigenvalue weighted by atomic mass is 10.2. The molecular formula is C24H33N3O3. The van der Waals surface area contributed by atoms with E-state index in [9.17, 15) is 4.79 Å². The van der Waals surface area contributed by atoms with Gasteiger partial charge < -0.3 is 19.7 Å². The molecule has 1 amide bonds. The number of carbonyl (C=O) groups is 1. The first kappa shape index (κ1) is 22.0. The Labute approximate surface area is 179 Å². The van der Waals surface area contributed by atoms with Gasteiger partial charge in [-0.2, -0.15) is 0 Å². The summed E-state index contributed by atoms with van der Waals surface area (Å²) in [6.45, 7) is 9.76. The highest BCUT2D eigenvalue weighted by molar-refractivity contribution is 5.94. The molecule has 1 fully saturated rings. The molecule has 1 aliphatic rings. The van der Waals surface area contributed by atoms with E-state index >= 15 is 0 Å². The second-order valence-corrected chi connectivity index (χ2v) is 7.83. The van der Waals surface area contributed by atoms with Crippen LogP contribution in [0.1, 0.15) is 30.6 Å². The minimum atomic E-state index is -0.0320. The summed E-state index contributed by atoms with van der Waals surface area (Å²) < 4.78 is 10.8. The molecular weight excluding hydrogens is 378 g/mol. The molecule has 0 spiro atoms. The molecule has 3 rings (SSSR count). The number of ether oxygens (including phenoxy) is 2. The molecule has 1 saturated heterocycles. The molecule has 30 heavy (non-hydrogen) atoms. The number of rotatable bonds is 9. The summed E-state index contributed by atoms with van der Waals surface area (Å²) in [4.78, 5) is 17.2. The highest BCUT2D eigenvalue weighted by Crippen LogP contribution is 2.20. The third kappa shape index (κ3) is 6.39. The SMILES string of the molecule is COc1ccc(N2CCN(CCCNC(=O)c3ccc(OC(C)C)cc3)CC2)cc1. The van der Waals surface area contributed by atoms with Crippen molar-refractivity contribution in [1.82, 2.24) is 10.2 Å². The summed E-state index contributed by atoms with van der Waals surface area (Å²) in [6.07, 6.45) is 1.07. The van der Waals surface area contributed by atoms with Crippen molar-refractivity contribution >= 4 is 11.6 Å². The Morgan fingerprint density at radius 1 is 0.967 bits per heavy atom. The van der Waals surface area contributed by atoms with E-state index in [0.717, 1.165) is 50.6 Å². The molecule has 2 aromatic carbocycles. The Balaban J connectivity index is 1.33. The van der Waals surface area contributed by atoms with Crippen LogP contribution >= 0.6 is 0 Å². The van der Waals surface area contributed by atoms with Crippen molar-refractivity contribution in [3.8, 4) is 11.5 Å². The number of nitrogens with one attached hydrogen (secondary N) is 1.